The Balaban J connectivity index is 3.54. The number of aliphatic hydroxyl groups excluding tert-OH is 2. The number of nitrogens with one attached hydrogen (secondary N) is 1. The van der Waals surface area contributed by atoms with Crippen LogP contribution in [0, 0.1) is 0 Å². The van der Waals surface area contributed by atoms with Gasteiger partial charge in [0.1, 0.15) is 0 Å². The SMILES string of the molecule is CC/C=C\C/C=C\C/C=C\C/C=C\C/C=C\C/C=C\C/C=C\CCCCCCCCCCCCCC(=O)NC(CO)C(O)/C=C/CC/C=C/CCCCCCCCCCCCCCCCCCCCCCCCCCCC. The molecule has 0 bridgehead atoms. The highest BCUT2D eigenvalue weighted by atomic mass is 16.3. The lowest BCUT2D eigenvalue weighted by atomic mass is 10.0. The fourth-order valence-electron chi connectivity index (χ4n) is 9.94. The second-order valence-electron chi connectivity index (χ2n) is 22.5. The van der Waals surface area contributed by atoms with Crippen molar-refractivity contribution in [2.45, 2.75) is 341 Å². The van der Waals surface area contributed by atoms with E-state index in [0.717, 1.165) is 77.0 Å². The van der Waals surface area contributed by atoms with Gasteiger partial charge in [-0.15, -0.1) is 0 Å². The van der Waals surface area contributed by atoms with Crippen LogP contribution in [0.3, 0.4) is 0 Å². The number of carbonyl (C=O) groups excluding carboxylic acids is 1. The molecule has 0 aliphatic carbocycles. The predicted molar refractivity (Wildman–Crippen MR) is 345 cm³/mol. The molecule has 0 aromatic carbocycles. The van der Waals surface area contributed by atoms with Gasteiger partial charge in [-0.3, -0.25) is 4.79 Å². The van der Waals surface area contributed by atoms with Crippen molar-refractivity contribution in [3.05, 3.63) is 109 Å². The number of unbranched alkanes of at least 4 members (excludes halogenated alkanes) is 38. The molecule has 0 saturated carbocycles. The molecule has 444 valence electrons. The number of allylic oxidation sites excluding steroid dienone is 17. The van der Waals surface area contributed by atoms with Crippen LogP contribution in [0.1, 0.15) is 328 Å². The van der Waals surface area contributed by atoms with Crippen molar-refractivity contribution in [3.63, 3.8) is 0 Å². The van der Waals surface area contributed by atoms with Gasteiger partial charge in [0.05, 0.1) is 18.8 Å². The summed E-state index contributed by atoms with van der Waals surface area (Å²) in [4.78, 5) is 12.5. The zero-order valence-electron chi connectivity index (χ0n) is 51.2. The summed E-state index contributed by atoms with van der Waals surface area (Å²) < 4.78 is 0. The van der Waals surface area contributed by atoms with Crippen LogP contribution in [0.2, 0.25) is 0 Å². The molecule has 0 radical (unpaired) electrons. The Bertz CT molecular complexity index is 1440. The first kappa shape index (κ1) is 74.0. The highest BCUT2D eigenvalue weighted by Gasteiger charge is 2.18. The summed E-state index contributed by atoms with van der Waals surface area (Å²) in [6.45, 7) is 4.21. The number of amides is 1. The van der Waals surface area contributed by atoms with E-state index in [4.69, 9.17) is 0 Å². The van der Waals surface area contributed by atoms with Crippen LogP contribution >= 0.6 is 0 Å². The van der Waals surface area contributed by atoms with Gasteiger partial charge in [-0.1, -0.05) is 342 Å². The Morgan fingerprint density at radius 1 is 0.325 bits per heavy atom. The summed E-state index contributed by atoms with van der Waals surface area (Å²) in [6, 6.07) is -0.650. The van der Waals surface area contributed by atoms with Gasteiger partial charge in [0, 0.05) is 6.42 Å². The van der Waals surface area contributed by atoms with E-state index >= 15 is 0 Å². The second kappa shape index (κ2) is 67.3. The van der Waals surface area contributed by atoms with Gasteiger partial charge >= 0.3 is 0 Å². The quantitative estimate of drug-likeness (QED) is 0.0420. The number of aliphatic hydroxyl groups is 2. The summed E-state index contributed by atoms with van der Waals surface area (Å²) in [5.74, 6) is -0.0779. The molecular formula is C73H129NO3. The lowest BCUT2D eigenvalue weighted by molar-refractivity contribution is -0.123. The summed E-state index contributed by atoms with van der Waals surface area (Å²) in [5, 5.41) is 23.3. The Hall–Kier alpha value is -2.95. The van der Waals surface area contributed by atoms with Crippen LogP contribution in [0.5, 0.6) is 0 Å². The van der Waals surface area contributed by atoms with E-state index in [2.05, 4.69) is 116 Å². The van der Waals surface area contributed by atoms with Crippen LogP contribution in [0.15, 0.2) is 109 Å². The molecule has 0 fully saturated rings. The summed E-state index contributed by atoms with van der Waals surface area (Å²) in [6.07, 6.45) is 102. The second-order valence-corrected chi connectivity index (χ2v) is 22.5. The molecule has 0 aromatic rings. The van der Waals surface area contributed by atoms with Gasteiger partial charge in [-0.2, -0.15) is 0 Å². The zero-order valence-corrected chi connectivity index (χ0v) is 51.2. The highest BCUT2D eigenvalue weighted by Crippen LogP contribution is 2.17. The van der Waals surface area contributed by atoms with Crippen molar-refractivity contribution in [3.8, 4) is 0 Å². The van der Waals surface area contributed by atoms with Crippen LogP contribution in [-0.2, 0) is 4.79 Å². The molecule has 3 N–H and O–H groups in total. The van der Waals surface area contributed by atoms with Gasteiger partial charge in [0.25, 0.3) is 0 Å². The number of carbonyl (C=O) groups is 1. The minimum absolute atomic E-state index is 0.0779. The van der Waals surface area contributed by atoms with Crippen molar-refractivity contribution >= 4 is 5.91 Å². The lowest BCUT2D eigenvalue weighted by Crippen LogP contribution is -2.45. The van der Waals surface area contributed by atoms with Gasteiger partial charge in [0.15, 0.2) is 0 Å². The molecule has 77 heavy (non-hydrogen) atoms. The molecule has 0 aromatic heterocycles. The number of hydrogen-bond acceptors (Lipinski definition) is 3. The van der Waals surface area contributed by atoms with E-state index in [1.54, 1.807) is 6.08 Å². The highest BCUT2D eigenvalue weighted by molar-refractivity contribution is 5.76. The Kier molecular flexibility index (Phi) is 64.7. The van der Waals surface area contributed by atoms with E-state index < -0.39 is 12.1 Å². The molecule has 0 aliphatic rings. The third-order valence-electron chi connectivity index (χ3n) is 15.0. The van der Waals surface area contributed by atoms with Crippen molar-refractivity contribution < 1.29 is 15.0 Å². The molecule has 1 amide bonds. The van der Waals surface area contributed by atoms with E-state index in [-0.39, 0.29) is 12.5 Å². The molecule has 4 nitrogen and oxygen atoms in total. The normalized spacial score (nSPS) is 13.5. The van der Waals surface area contributed by atoms with Gasteiger partial charge in [0.2, 0.25) is 5.91 Å². The number of rotatable bonds is 61. The fourth-order valence-corrected chi connectivity index (χ4v) is 9.94. The van der Waals surface area contributed by atoms with Crippen molar-refractivity contribution in [1.82, 2.24) is 5.32 Å². The van der Waals surface area contributed by atoms with Crippen LogP contribution < -0.4 is 5.32 Å². The Morgan fingerprint density at radius 3 is 0.909 bits per heavy atom. The third-order valence-corrected chi connectivity index (χ3v) is 15.0. The first-order chi connectivity index (χ1) is 38.2. The molecule has 0 spiro atoms. The maximum atomic E-state index is 12.5. The van der Waals surface area contributed by atoms with E-state index in [9.17, 15) is 15.0 Å². The molecule has 4 heteroatoms. The van der Waals surface area contributed by atoms with Crippen LogP contribution in [-0.4, -0.2) is 34.9 Å². The molecule has 2 unspecified atom stereocenters. The topological polar surface area (TPSA) is 69.6 Å². The summed E-state index contributed by atoms with van der Waals surface area (Å²) in [7, 11) is 0. The third kappa shape index (κ3) is 63.8. The van der Waals surface area contributed by atoms with Gasteiger partial charge in [-0.25, -0.2) is 0 Å². The summed E-state index contributed by atoms with van der Waals surface area (Å²) >= 11 is 0. The lowest BCUT2D eigenvalue weighted by Gasteiger charge is -2.19. The van der Waals surface area contributed by atoms with Crippen molar-refractivity contribution in [1.29, 1.82) is 0 Å². The molecule has 0 rings (SSSR count). The molecule has 0 heterocycles. The maximum absolute atomic E-state index is 12.5. The molecule has 0 aliphatic heterocycles. The van der Waals surface area contributed by atoms with Crippen molar-refractivity contribution in [2.75, 3.05) is 6.61 Å². The van der Waals surface area contributed by atoms with E-state index in [1.807, 2.05) is 6.08 Å². The number of hydrogen-bond donors (Lipinski definition) is 3. The maximum Gasteiger partial charge on any atom is 0.220 e. The molecular weight excluding hydrogens is 939 g/mol. The zero-order chi connectivity index (χ0) is 55.5. The minimum atomic E-state index is -0.872. The van der Waals surface area contributed by atoms with Gasteiger partial charge in [-0.05, 0) is 89.9 Å². The van der Waals surface area contributed by atoms with E-state index in [1.165, 1.54) is 231 Å². The fraction of sp³-hybridized carbons (Fsp3) is 0.740. The average molecular weight is 1070 g/mol. The molecule has 0 saturated heterocycles. The monoisotopic (exact) mass is 1070 g/mol. The molecule has 2 atom stereocenters. The smallest absolute Gasteiger partial charge is 0.220 e. The van der Waals surface area contributed by atoms with Crippen LogP contribution in [0.25, 0.3) is 0 Å². The van der Waals surface area contributed by atoms with E-state index in [0.29, 0.717) is 6.42 Å². The standard InChI is InChI=1S/C73H129NO3/c1-3-5-7-9-11-13-15-17-19-21-23-25-27-29-31-33-35-37-39-41-43-45-47-49-51-53-55-57-59-61-63-65-67-69-73(77)74-71(70-75)72(76)68-66-64-62-60-58-56-54-52-50-48-46-44-42-40-38-36-34-32-30-28-26-24-22-20-18-16-14-12-10-8-6-4-2/h5,7,11,13,17,19,23,25,29,31,35,37,41,43,58,60,66,68,71-72,75-76H,3-4,6,8-10,12,14-16,18,20-22,24,26-28,30,32-34,36,38-40,42,44-57,59,61-65,67,69-70H2,1-2H3,(H,74,77)/b7-5-,13-11-,19-17-,25-23-,31-29-,37-35-,43-41-,60-58+,68-66+. The minimum Gasteiger partial charge on any atom is -0.394 e. The summed E-state index contributed by atoms with van der Waals surface area (Å²) in [5.41, 5.74) is 0. The van der Waals surface area contributed by atoms with Crippen molar-refractivity contribution in [2.24, 2.45) is 0 Å². The predicted octanol–water partition coefficient (Wildman–Crippen LogP) is 23.0. The van der Waals surface area contributed by atoms with Crippen LogP contribution in [0.4, 0.5) is 0 Å². The largest absolute Gasteiger partial charge is 0.394 e. The average Bonchev–Trinajstić information content (AvgIpc) is 3.43. The Morgan fingerprint density at radius 2 is 0.584 bits per heavy atom. The Labute approximate surface area is 480 Å². The first-order valence-corrected chi connectivity index (χ1v) is 33.6. The first-order valence-electron chi connectivity index (χ1n) is 33.6. The van der Waals surface area contributed by atoms with Gasteiger partial charge < -0.3 is 15.5 Å².